The van der Waals surface area contributed by atoms with Crippen LogP contribution in [0.2, 0.25) is 0 Å². The fourth-order valence-corrected chi connectivity index (χ4v) is 1.60. The second kappa shape index (κ2) is 6.33. The van der Waals surface area contributed by atoms with E-state index in [-0.39, 0.29) is 28.5 Å². The van der Waals surface area contributed by atoms with Crippen molar-refractivity contribution >= 4 is 17.6 Å². The lowest BCUT2D eigenvalue weighted by atomic mass is 10.1. The molecule has 0 unspecified atom stereocenters. The van der Waals surface area contributed by atoms with Crippen LogP contribution in [0, 0.1) is 12.3 Å². The molecule has 0 saturated heterocycles. The van der Waals surface area contributed by atoms with E-state index in [4.69, 9.17) is 20.6 Å². The highest BCUT2D eigenvalue weighted by Crippen LogP contribution is 2.45. The first kappa shape index (κ1) is 15.2. The first-order chi connectivity index (χ1) is 9.49. The number of carbonyl (C=O) groups is 2. The van der Waals surface area contributed by atoms with E-state index in [0.717, 1.165) is 0 Å². The van der Waals surface area contributed by atoms with Crippen LogP contribution < -0.4 is 19.5 Å². The number of methoxy groups -OCH3 is 3. The Hall–Kier alpha value is -2.88. The number of ether oxygens (including phenoxy) is 3. The molecule has 1 aromatic carbocycles. The average Bonchev–Trinajstić information content (AvgIpc) is 2.45. The van der Waals surface area contributed by atoms with Crippen LogP contribution >= 0.6 is 0 Å². The number of carbonyl (C=O) groups excluding carboxylic acids is 1. The van der Waals surface area contributed by atoms with E-state index in [9.17, 15) is 14.7 Å². The van der Waals surface area contributed by atoms with E-state index in [1.807, 2.05) is 5.92 Å². The van der Waals surface area contributed by atoms with Crippen molar-refractivity contribution in [3.8, 4) is 29.6 Å². The van der Waals surface area contributed by atoms with Gasteiger partial charge in [-0.25, -0.2) is 4.79 Å². The molecule has 0 aliphatic heterocycles. The molecule has 7 nitrogen and oxygen atoms in total. The molecule has 0 aliphatic carbocycles. The number of hydrogen-bond donors (Lipinski definition) is 2. The highest BCUT2D eigenvalue weighted by Gasteiger charge is 2.25. The van der Waals surface area contributed by atoms with Crippen LogP contribution in [0.1, 0.15) is 10.4 Å². The summed E-state index contributed by atoms with van der Waals surface area (Å²) in [5.74, 6) is 0.0442. The molecular formula is C13H13NO6. The molecule has 0 saturated carbocycles. The fourth-order valence-electron chi connectivity index (χ4n) is 1.60. The monoisotopic (exact) mass is 279 g/mol. The number of amides is 1. The van der Waals surface area contributed by atoms with Gasteiger partial charge in [-0.05, 0) is 5.92 Å². The summed E-state index contributed by atoms with van der Waals surface area (Å²) >= 11 is 0. The van der Waals surface area contributed by atoms with Crippen molar-refractivity contribution in [2.24, 2.45) is 0 Å². The zero-order chi connectivity index (χ0) is 15.3. The van der Waals surface area contributed by atoms with Gasteiger partial charge in [-0.2, -0.15) is 0 Å². The van der Waals surface area contributed by atoms with Crippen LogP contribution in [-0.4, -0.2) is 38.3 Å². The first-order valence-corrected chi connectivity index (χ1v) is 5.33. The third-order valence-corrected chi connectivity index (χ3v) is 2.43. The Morgan fingerprint density at radius 2 is 1.80 bits per heavy atom. The fraction of sp³-hybridized carbons (Fsp3) is 0.231. The Labute approximate surface area is 115 Å². The molecule has 20 heavy (non-hydrogen) atoms. The van der Waals surface area contributed by atoms with Crippen LogP contribution in [-0.2, 0) is 4.79 Å². The van der Waals surface area contributed by atoms with Crippen LogP contribution in [0.25, 0.3) is 0 Å². The van der Waals surface area contributed by atoms with E-state index in [2.05, 4.69) is 5.32 Å². The second-order valence-corrected chi connectivity index (χ2v) is 3.47. The van der Waals surface area contributed by atoms with Crippen molar-refractivity contribution in [1.82, 2.24) is 0 Å². The Morgan fingerprint density at radius 3 is 2.20 bits per heavy atom. The zero-order valence-electron chi connectivity index (χ0n) is 11.1. The summed E-state index contributed by atoms with van der Waals surface area (Å²) in [6.45, 7) is 0. The number of carboxylic acids is 1. The third kappa shape index (κ3) is 2.75. The molecule has 0 radical (unpaired) electrons. The number of rotatable bonds is 5. The molecule has 1 aromatic rings. The van der Waals surface area contributed by atoms with Crippen molar-refractivity contribution in [1.29, 1.82) is 0 Å². The maximum atomic E-state index is 11.3. The van der Waals surface area contributed by atoms with E-state index in [1.54, 1.807) is 0 Å². The van der Waals surface area contributed by atoms with Gasteiger partial charge in [0.25, 0.3) is 5.91 Å². The third-order valence-electron chi connectivity index (χ3n) is 2.43. The second-order valence-electron chi connectivity index (χ2n) is 3.47. The minimum Gasteiger partial charge on any atom is -0.493 e. The predicted molar refractivity (Wildman–Crippen MR) is 70.5 cm³/mol. The largest absolute Gasteiger partial charge is 0.493 e. The number of terminal acetylenes is 1. The van der Waals surface area contributed by atoms with E-state index in [1.165, 1.54) is 27.4 Å². The van der Waals surface area contributed by atoms with Gasteiger partial charge in [0, 0.05) is 6.07 Å². The molecule has 106 valence electrons. The Morgan fingerprint density at radius 1 is 1.20 bits per heavy atom. The topological polar surface area (TPSA) is 94.1 Å². The number of aromatic carboxylic acids is 1. The summed E-state index contributed by atoms with van der Waals surface area (Å²) in [6.07, 6.45) is 4.96. The minimum absolute atomic E-state index is 0.00727. The Bertz CT molecular complexity index is 588. The van der Waals surface area contributed by atoms with Crippen molar-refractivity contribution in [3.05, 3.63) is 11.6 Å². The maximum Gasteiger partial charge on any atom is 0.338 e. The van der Waals surface area contributed by atoms with Gasteiger partial charge in [0.1, 0.15) is 5.69 Å². The minimum atomic E-state index is -1.28. The van der Waals surface area contributed by atoms with Gasteiger partial charge in [-0.1, -0.05) is 0 Å². The number of anilines is 1. The van der Waals surface area contributed by atoms with Crippen LogP contribution in [0.5, 0.6) is 17.2 Å². The van der Waals surface area contributed by atoms with Crippen molar-refractivity contribution in [3.63, 3.8) is 0 Å². The quantitative estimate of drug-likeness (QED) is 0.780. The van der Waals surface area contributed by atoms with Gasteiger partial charge < -0.3 is 24.6 Å². The lowest BCUT2D eigenvalue weighted by Crippen LogP contribution is -2.14. The summed E-state index contributed by atoms with van der Waals surface area (Å²) in [5.41, 5.74) is -0.330. The van der Waals surface area contributed by atoms with E-state index < -0.39 is 11.9 Å². The van der Waals surface area contributed by atoms with Gasteiger partial charge in [0.15, 0.2) is 11.5 Å². The van der Waals surface area contributed by atoms with Gasteiger partial charge >= 0.3 is 5.97 Å². The summed E-state index contributed by atoms with van der Waals surface area (Å²) in [4.78, 5) is 22.6. The zero-order valence-corrected chi connectivity index (χ0v) is 11.1. The Balaban J connectivity index is 3.63. The SMILES string of the molecule is C#CC(=O)Nc1c(C(=O)O)cc(OC)c(OC)c1OC. The summed E-state index contributed by atoms with van der Waals surface area (Å²) < 4.78 is 15.2. The molecule has 0 fully saturated rings. The van der Waals surface area contributed by atoms with Gasteiger partial charge in [0.05, 0.1) is 26.9 Å². The Kier molecular flexibility index (Phi) is 4.81. The standard InChI is InChI=1S/C13H13NO6/c1-5-9(15)14-10-7(13(16)17)6-8(18-2)11(19-3)12(10)20-4/h1,6H,2-4H3,(H,14,15)(H,16,17). The molecule has 0 aliphatic rings. The number of benzene rings is 1. The number of nitrogens with one attached hydrogen (secondary N) is 1. The van der Waals surface area contributed by atoms with Crippen LogP contribution in [0.15, 0.2) is 6.07 Å². The van der Waals surface area contributed by atoms with Gasteiger partial charge in [-0.15, -0.1) is 6.42 Å². The van der Waals surface area contributed by atoms with Crippen molar-refractivity contribution in [2.45, 2.75) is 0 Å². The van der Waals surface area contributed by atoms with Crippen LogP contribution in [0.3, 0.4) is 0 Å². The predicted octanol–water partition coefficient (Wildman–Crippen LogP) is 0.982. The molecule has 0 atom stereocenters. The molecule has 0 aromatic heterocycles. The van der Waals surface area contributed by atoms with Crippen LogP contribution in [0.4, 0.5) is 5.69 Å². The average molecular weight is 279 g/mol. The van der Waals surface area contributed by atoms with Crippen molar-refractivity contribution < 1.29 is 28.9 Å². The van der Waals surface area contributed by atoms with Crippen molar-refractivity contribution in [2.75, 3.05) is 26.6 Å². The highest BCUT2D eigenvalue weighted by atomic mass is 16.5. The molecule has 0 spiro atoms. The normalized spacial score (nSPS) is 9.30. The molecule has 1 rings (SSSR count). The number of carboxylic acid groups (broad SMARTS) is 1. The number of hydrogen-bond acceptors (Lipinski definition) is 5. The highest BCUT2D eigenvalue weighted by molar-refractivity contribution is 6.09. The summed E-state index contributed by atoms with van der Waals surface area (Å²) in [5, 5.41) is 11.5. The maximum absolute atomic E-state index is 11.3. The summed E-state index contributed by atoms with van der Waals surface area (Å²) in [6, 6.07) is 1.20. The van der Waals surface area contributed by atoms with Gasteiger partial charge in [-0.3, -0.25) is 4.79 Å². The lowest BCUT2D eigenvalue weighted by Gasteiger charge is -2.17. The molecule has 7 heteroatoms. The van der Waals surface area contributed by atoms with E-state index in [0.29, 0.717) is 0 Å². The molecule has 0 heterocycles. The van der Waals surface area contributed by atoms with Gasteiger partial charge in [0.2, 0.25) is 5.75 Å². The lowest BCUT2D eigenvalue weighted by molar-refractivity contribution is -0.111. The molecular weight excluding hydrogens is 266 g/mol. The molecule has 1 amide bonds. The first-order valence-electron chi connectivity index (χ1n) is 5.33. The molecule has 2 N–H and O–H groups in total. The van der Waals surface area contributed by atoms with E-state index >= 15 is 0 Å². The smallest absolute Gasteiger partial charge is 0.338 e. The molecule has 0 bridgehead atoms. The summed E-state index contributed by atoms with van der Waals surface area (Å²) in [7, 11) is 4.00.